The highest BCUT2D eigenvalue weighted by molar-refractivity contribution is 5.79. The van der Waals surface area contributed by atoms with Crippen LogP contribution in [0.15, 0.2) is 18.2 Å². The first-order chi connectivity index (χ1) is 10.0. The summed E-state index contributed by atoms with van der Waals surface area (Å²) in [5.74, 6) is -1.43. The van der Waals surface area contributed by atoms with Crippen LogP contribution in [-0.2, 0) is 4.79 Å². The van der Waals surface area contributed by atoms with E-state index in [9.17, 15) is 13.6 Å². The van der Waals surface area contributed by atoms with E-state index in [0.717, 1.165) is 25.3 Å². The van der Waals surface area contributed by atoms with E-state index in [1.165, 1.54) is 12.1 Å². The third-order valence-corrected chi connectivity index (χ3v) is 4.15. The number of nitrogens with two attached hydrogens (primary N) is 1. The Kier molecular flexibility index (Phi) is 5.28. The van der Waals surface area contributed by atoms with Crippen molar-refractivity contribution in [2.24, 2.45) is 11.7 Å². The molecule has 0 radical (unpaired) electrons. The van der Waals surface area contributed by atoms with E-state index in [4.69, 9.17) is 5.73 Å². The number of hydrogen-bond acceptors (Lipinski definition) is 2. The quantitative estimate of drug-likeness (QED) is 0.897. The summed E-state index contributed by atoms with van der Waals surface area (Å²) in [5, 5.41) is 2.88. The molecule has 1 aromatic carbocycles. The van der Waals surface area contributed by atoms with Gasteiger partial charge in [0.2, 0.25) is 5.91 Å². The Labute approximate surface area is 123 Å². The minimum Gasteiger partial charge on any atom is -0.349 e. The van der Waals surface area contributed by atoms with Crippen LogP contribution >= 0.6 is 0 Å². The number of nitrogens with one attached hydrogen (secondary N) is 1. The second kappa shape index (κ2) is 6.98. The third kappa shape index (κ3) is 4.00. The lowest BCUT2D eigenvalue weighted by atomic mass is 9.85. The van der Waals surface area contributed by atoms with Crippen LogP contribution in [0.3, 0.4) is 0 Å². The fraction of sp³-hybridized carbons (Fsp3) is 0.562. The molecule has 0 heterocycles. The second-order valence-corrected chi connectivity index (χ2v) is 5.76. The highest BCUT2D eigenvalue weighted by Crippen LogP contribution is 2.26. The lowest BCUT2D eigenvalue weighted by molar-refractivity contribution is -0.126. The summed E-state index contributed by atoms with van der Waals surface area (Å²) in [6, 6.07) is 3.09. The molecule has 3 unspecified atom stereocenters. The van der Waals surface area contributed by atoms with Gasteiger partial charge in [-0.3, -0.25) is 4.79 Å². The number of carbonyl (C=O) groups excluding carboxylic acids is 1. The molecule has 1 aromatic rings. The summed E-state index contributed by atoms with van der Waals surface area (Å²) in [5.41, 5.74) is 6.22. The zero-order valence-corrected chi connectivity index (χ0v) is 12.2. The average Bonchev–Trinajstić information content (AvgIpc) is 2.45. The molecule has 3 N–H and O–H groups in total. The maximum Gasteiger partial charge on any atom is 0.223 e. The van der Waals surface area contributed by atoms with Crippen molar-refractivity contribution >= 4 is 5.91 Å². The van der Waals surface area contributed by atoms with E-state index in [-0.39, 0.29) is 17.9 Å². The zero-order valence-electron chi connectivity index (χ0n) is 12.2. The highest BCUT2D eigenvalue weighted by atomic mass is 19.1. The molecule has 21 heavy (non-hydrogen) atoms. The molecule has 3 atom stereocenters. The van der Waals surface area contributed by atoms with Gasteiger partial charge in [0.15, 0.2) is 0 Å². The Morgan fingerprint density at radius 3 is 2.81 bits per heavy atom. The maximum absolute atomic E-state index is 13.8. The van der Waals surface area contributed by atoms with E-state index in [0.29, 0.717) is 18.4 Å². The first-order valence-corrected chi connectivity index (χ1v) is 7.52. The molecular weight excluding hydrogens is 274 g/mol. The van der Waals surface area contributed by atoms with Crippen molar-refractivity contribution < 1.29 is 13.6 Å². The summed E-state index contributed by atoms with van der Waals surface area (Å²) in [6.07, 6.45) is 3.94. The van der Waals surface area contributed by atoms with Gasteiger partial charge in [-0.1, -0.05) is 19.4 Å². The van der Waals surface area contributed by atoms with Crippen LogP contribution in [0, 0.1) is 17.6 Å². The maximum atomic E-state index is 13.8. The van der Waals surface area contributed by atoms with Gasteiger partial charge >= 0.3 is 0 Å². The number of benzene rings is 1. The van der Waals surface area contributed by atoms with Crippen LogP contribution < -0.4 is 11.1 Å². The molecule has 0 saturated heterocycles. The minimum absolute atomic E-state index is 0.0668. The molecule has 1 saturated carbocycles. The largest absolute Gasteiger partial charge is 0.349 e. The summed E-state index contributed by atoms with van der Waals surface area (Å²) < 4.78 is 26.8. The van der Waals surface area contributed by atoms with Crippen molar-refractivity contribution in [3.8, 4) is 0 Å². The fourth-order valence-corrected chi connectivity index (χ4v) is 2.94. The SMILES string of the molecule is CCC(NC(=O)C1CCCC(N)C1)c1ccc(F)cc1F. The van der Waals surface area contributed by atoms with Gasteiger partial charge in [-0.2, -0.15) is 0 Å². The molecule has 1 amide bonds. The molecular formula is C16H22F2N2O. The van der Waals surface area contributed by atoms with E-state index in [1.54, 1.807) is 0 Å². The monoisotopic (exact) mass is 296 g/mol. The van der Waals surface area contributed by atoms with Crippen LogP contribution in [0.4, 0.5) is 8.78 Å². The van der Waals surface area contributed by atoms with Crippen molar-refractivity contribution in [3.63, 3.8) is 0 Å². The molecule has 1 fully saturated rings. The molecule has 5 heteroatoms. The van der Waals surface area contributed by atoms with E-state index < -0.39 is 17.7 Å². The lowest BCUT2D eigenvalue weighted by Gasteiger charge is -2.28. The summed E-state index contributed by atoms with van der Waals surface area (Å²) >= 11 is 0. The number of hydrogen-bond donors (Lipinski definition) is 2. The topological polar surface area (TPSA) is 55.1 Å². The molecule has 1 aliphatic carbocycles. The summed E-state index contributed by atoms with van der Waals surface area (Å²) in [7, 11) is 0. The van der Waals surface area contributed by atoms with Crippen molar-refractivity contribution in [3.05, 3.63) is 35.4 Å². The predicted octanol–water partition coefficient (Wildman–Crippen LogP) is 3.05. The van der Waals surface area contributed by atoms with Gasteiger partial charge in [-0.05, 0) is 31.7 Å². The van der Waals surface area contributed by atoms with Crippen LogP contribution in [0.5, 0.6) is 0 Å². The molecule has 3 nitrogen and oxygen atoms in total. The normalized spacial score (nSPS) is 23.6. The van der Waals surface area contributed by atoms with Crippen LogP contribution in [0.1, 0.15) is 50.6 Å². The Morgan fingerprint density at radius 1 is 1.43 bits per heavy atom. The van der Waals surface area contributed by atoms with E-state index in [1.807, 2.05) is 6.92 Å². The van der Waals surface area contributed by atoms with Crippen LogP contribution in [0.25, 0.3) is 0 Å². The summed E-state index contributed by atoms with van der Waals surface area (Å²) in [4.78, 5) is 12.3. The number of amides is 1. The van der Waals surface area contributed by atoms with Gasteiger partial charge in [0.1, 0.15) is 11.6 Å². The van der Waals surface area contributed by atoms with Gasteiger partial charge < -0.3 is 11.1 Å². The average molecular weight is 296 g/mol. The molecule has 0 spiro atoms. The van der Waals surface area contributed by atoms with Crippen LogP contribution in [-0.4, -0.2) is 11.9 Å². The van der Waals surface area contributed by atoms with Crippen molar-refractivity contribution in [2.75, 3.05) is 0 Å². The fourth-order valence-electron chi connectivity index (χ4n) is 2.94. The van der Waals surface area contributed by atoms with Crippen molar-refractivity contribution in [1.82, 2.24) is 5.32 Å². The Balaban J connectivity index is 2.06. The molecule has 116 valence electrons. The Bertz CT molecular complexity index is 507. The summed E-state index contributed by atoms with van der Waals surface area (Å²) in [6.45, 7) is 1.86. The number of halogens is 2. The van der Waals surface area contributed by atoms with Crippen molar-refractivity contribution in [2.45, 2.75) is 51.1 Å². The van der Waals surface area contributed by atoms with Crippen LogP contribution in [0.2, 0.25) is 0 Å². The first kappa shape index (κ1) is 15.9. The molecule has 0 aliphatic heterocycles. The van der Waals surface area contributed by atoms with Gasteiger partial charge in [-0.15, -0.1) is 0 Å². The molecule has 2 rings (SSSR count). The number of carbonyl (C=O) groups is 1. The first-order valence-electron chi connectivity index (χ1n) is 7.52. The zero-order chi connectivity index (χ0) is 15.4. The van der Waals surface area contributed by atoms with Crippen molar-refractivity contribution in [1.29, 1.82) is 0 Å². The molecule has 0 aromatic heterocycles. The Hall–Kier alpha value is -1.49. The molecule has 1 aliphatic rings. The van der Waals surface area contributed by atoms with Gasteiger partial charge in [-0.25, -0.2) is 8.78 Å². The lowest BCUT2D eigenvalue weighted by Crippen LogP contribution is -2.39. The highest BCUT2D eigenvalue weighted by Gasteiger charge is 2.27. The van der Waals surface area contributed by atoms with Gasteiger partial charge in [0.05, 0.1) is 6.04 Å². The smallest absolute Gasteiger partial charge is 0.223 e. The van der Waals surface area contributed by atoms with Gasteiger partial charge in [0.25, 0.3) is 0 Å². The predicted molar refractivity (Wildman–Crippen MR) is 77.5 cm³/mol. The Morgan fingerprint density at radius 2 is 2.19 bits per heavy atom. The number of rotatable bonds is 4. The van der Waals surface area contributed by atoms with E-state index in [2.05, 4.69) is 5.32 Å². The standard InChI is InChI=1S/C16H22F2N2O/c1-2-15(13-7-6-11(17)9-14(13)18)20-16(21)10-4-3-5-12(19)8-10/h6-7,9-10,12,15H,2-5,8,19H2,1H3,(H,20,21). The third-order valence-electron chi connectivity index (χ3n) is 4.15. The van der Waals surface area contributed by atoms with E-state index >= 15 is 0 Å². The molecule has 0 bridgehead atoms. The van der Waals surface area contributed by atoms with Gasteiger partial charge in [0, 0.05) is 23.6 Å². The minimum atomic E-state index is -0.623. The second-order valence-electron chi connectivity index (χ2n) is 5.76.